The van der Waals surface area contributed by atoms with Crippen LogP contribution in [0, 0.1) is 5.92 Å². The molecule has 7 heteroatoms. The van der Waals surface area contributed by atoms with E-state index in [9.17, 15) is 14.4 Å². The molecule has 1 aromatic rings. The van der Waals surface area contributed by atoms with Crippen molar-refractivity contribution < 1.29 is 19.1 Å². The van der Waals surface area contributed by atoms with Crippen molar-refractivity contribution >= 4 is 23.4 Å². The summed E-state index contributed by atoms with van der Waals surface area (Å²) in [7, 11) is 1.58. The molecule has 1 heterocycles. The third kappa shape index (κ3) is 4.71. The topological polar surface area (TPSA) is 70.2 Å². The quantitative estimate of drug-likeness (QED) is 0.778. The average molecular weight is 347 g/mol. The van der Waals surface area contributed by atoms with E-state index in [0.717, 1.165) is 0 Å². The largest absolute Gasteiger partial charge is 0.497 e. The number of anilines is 1. The molecule has 0 unspecified atom stereocenters. The van der Waals surface area contributed by atoms with Crippen LogP contribution in [-0.2, 0) is 14.4 Å². The van der Waals surface area contributed by atoms with Gasteiger partial charge in [-0.1, -0.05) is 13.8 Å². The first kappa shape index (κ1) is 18.8. The van der Waals surface area contributed by atoms with Gasteiger partial charge in [0.2, 0.25) is 17.7 Å². The molecule has 0 aliphatic carbocycles. The highest BCUT2D eigenvalue weighted by Gasteiger charge is 2.32. The molecule has 0 spiro atoms. The number of hydrogen-bond acceptors (Lipinski definition) is 4. The predicted octanol–water partition coefficient (Wildman–Crippen LogP) is 1.33. The van der Waals surface area contributed by atoms with E-state index in [1.54, 1.807) is 36.3 Å². The van der Waals surface area contributed by atoms with Crippen LogP contribution in [0.25, 0.3) is 0 Å². The molecule has 0 N–H and O–H groups in total. The Morgan fingerprint density at radius 1 is 1.24 bits per heavy atom. The number of methoxy groups -OCH3 is 1. The maximum absolute atomic E-state index is 12.5. The second kappa shape index (κ2) is 8.00. The van der Waals surface area contributed by atoms with Crippen LogP contribution in [0.1, 0.15) is 20.8 Å². The molecule has 3 amide bonds. The Morgan fingerprint density at radius 3 is 2.40 bits per heavy atom. The smallest absolute Gasteiger partial charge is 0.248 e. The van der Waals surface area contributed by atoms with Crippen LogP contribution in [0.15, 0.2) is 24.3 Å². The van der Waals surface area contributed by atoms with Crippen LogP contribution >= 0.6 is 0 Å². The first-order valence-corrected chi connectivity index (χ1v) is 8.29. The molecule has 0 aromatic heterocycles. The first-order chi connectivity index (χ1) is 11.8. The average Bonchev–Trinajstić information content (AvgIpc) is 2.95. The van der Waals surface area contributed by atoms with E-state index in [1.807, 2.05) is 13.8 Å². The number of hydrogen-bond donors (Lipinski definition) is 0. The van der Waals surface area contributed by atoms with Crippen LogP contribution in [0.2, 0.25) is 0 Å². The highest BCUT2D eigenvalue weighted by molar-refractivity contribution is 6.00. The van der Waals surface area contributed by atoms with Gasteiger partial charge in [-0.25, -0.2) is 0 Å². The van der Waals surface area contributed by atoms with Crippen molar-refractivity contribution in [3.63, 3.8) is 0 Å². The van der Waals surface area contributed by atoms with Crippen molar-refractivity contribution in [1.82, 2.24) is 9.80 Å². The number of benzene rings is 1. The molecule has 0 radical (unpaired) electrons. The Hall–Kier alpha value is -2.57. The number of carbonyl (C=O) groups excluding carboxylic acids is 3. The van der Waals surface area contributed by atoms with Gasteiger partial charge in [-0.2, -0.15) is 0 Å². The van der Waals surface area contributed by atoms with Crippen LogP contribution in [0.5, 0.6) is 5.75 Å². The molecule has 1 aliphatic rings. The maximum Gasteiger partial charge on any atom is 0.248 e. The molecule has 136 valence electrons. The molecule has 1 fully saturated rings. The first-order valence-electron chi connectivity index (χ1n) is 8.29. The van der Waals surface area contributed by atoms with Crippen LogP contribution in [0.4, 0.5) is 5.69 Å². The van der Waals surface area contributed by atoms with Gasteiger partial charge < -0.3 is 14.5 Å². The SMILES string of the molecule is COc1ccc(N2CN(C(=O)CN(CC(C)C)C(C)=O)CC2=O)cc1. The summed E-state index contributed by atoms with van der Waals surface area (Å²) in [5.41, 5.74) is 0.715. The van der Waals surface area contributed by atoms with Crippen molar-refractivity contribution in [3.05, 3.63) is 24.3 Å². The lowest BCUT2D eigenvalue weighted by molar-refractivity contribution is -0.139. The third-order valence-electron chi connectivity index (χ3n) is 4.03. The molecule has 1 saturated heterocycles. The molecule has 1 aliphatic heterocycles. The monoisotopic (exact) mass is 347 g/mol. The standard InChI is InChI=1S/C18H25N3O4/c1-13(2)9-19(14(3)22)10-17(23)20-11-18(24)21(12-20)15-5-7-16(25-4)8-6-15/h5-8,13H,9-12H2,1-4H3. The Kier molecular flexibility index (Phi) is 6.01. The van der Waals surface area contributed by atoms with E-state index >= 15 is 0 Å². The predicted molar refractivity (Wildman–Crippen MR) is 94.2 cm³/mol. The van der Waals surface area contributed by atoms with Crippen molar-refractivity contribution in [2.75, 3.05) is 38.3 Å². The molecular formula is C18H25N3O4. The summed E-state index contributed by atoms with van der Waals surface area (Å²) in [6.45, 7) is 6.17. The second-order valence-electron chi connectivity index (χ2n) is 6.55. The summed E-state index contributed by atoms with van der Waals surface area (Å²) >= 11 is 0. The fourth-order valence-electron chi connectivity index (χ4n) is 2.71. The van der Waals surface area contributed by atoms with Gasteiger partial charge in [0.05, 0.1) is 13.7 Å². The molecule has 1 aromatic carbocycles. The fourth-order valence-corrected chi connectivity index (χ4v) is 2.71. The van der Waals surface area contributed by atoms with E-state index in [0.29, 0.717) is 18.0 Å². The lowest BCUT2D eigenvalue weighted by atomic mass is 10.2. The van der Waals surface area contributed by atoms with E-state index in [1.165, 1.54) is 16.7 Å². The van der Waals surface area contributed by atoms with Gasteiger partial charge in [-0.15, -0.1) is 0 Å². The third-order valence-corrected chi connectivity index (χ3v) is 4.03. The number of carbonyl (C=O) groups is 3. The lowest BCUT2D eigenvalue weighted by Crippen LogP contribution is -2.43. The zero-order valence-electron chi connectivity index (χ0n) is 15.2. The van der Waals surface area contributed by atoms with Gasteiger partial charge >= 0.3 is 0 Å². The zero-order chi connectivity index (χ0) is 18.6. The Balaban J connectivity index is 2.02. The lowest BCUT2D eigenvalue weighted by Gasteiger charge is -2.25. The Bertz CT molecular complexity index is 642. The Morgan fingerprint density at radius 2 is 1.88 bits per heavy atom. The highest BCUT2D eigenvalue weighted by Crippen LogP contribution is 2.22. The van der Waals surface area contributed by atoms with Crippen molar-refractivity contribution in [1.29, 1.82) is 0 Å². The van der Waals surface area contributed by atoms with E-state index in [-0.39, 0.29) is 43.4 Å². The summed E-state index contributed by atoms with van der Waals surface area (Å²) in [5, 5.41) is 0. The van der Waals surface area contributed by atoms with E-state index in [4.69, 9.17) is 4.74 Å². The highest BCUT2D eigenvalue weighted by atomic mass is 16.5. The van der Waals surface area contributed by atoms with Gasteiger partial charge in [0.15, 0.2) is 0 Å². The summed E-state index contributed by atoms with van der Waals surface area (Å²) in [6, 6.07) is 7.11. The second-order valence-corrected chi connectivity index (χ2v) is 6.55. The zero-order valence-corrected chi connectivity index (χ0v) is 15.2. The van der Waals surface area contributed by atoms with Gasteiger partial charge in [-0.3, -0.25) is 19.3 Å². The van der Waals surface area contributed by atoms with E-state index < -0.39 is 0 Å². The minimum Gasteiger partial charge on any atom is -0.497 e. The molecular weight excluding hydrogens is 322 g/mol. The minimum atomic E-state index is -0.222. The van der Waals surface area contributed by atoms with Crippen LogP contribution < -0.4 is 9.64 Å². The maximum atomic E-state index is 12.5. The number of amides is 3. The minimum absolute atomic E-state index is 0.00273. The summed E-state index contributed by atoms with van der Waals surface area (Å²) in [4.78, 5) is 41.0. The van der Waals surface area contributed by atoms with Crippen LogP contribution in [-0.4, -0.2) is 60.9 Å². The van der Waals surface area contributed by atoms with Gasteiger partial charge in [0.1, 0.15) is 19.0 Å². The fraction of sp³-hybridized carbons (Fsp3) is 0.500. The summed E-state index contributed by atoms with van der Waals surface area (Å²) in [5.74, 6) is 0.471. The molecule has 0 bridgehead atoms. The molecule has 0 atom stereocenters. The van der Waals surface area contributed by atoms with E-state index in [2.05, 4.69) is 0 Å². The Labute approximate surface area is 148 Å². The van der Waals surface area contributed by atoms with Gasteiger partial charge in [-0.05, 0) is 30.2 Å². The van der Waals surface area contributed by atoms with Crippen molar-refractivity contribution in [2.45, 2.75) is 20.8 Å². The normalized spacial score (nSPS) is 14.2. The molecule has 2 rings (SSSR count). The number of nitrogens with zero attached hydrogens (tertiary/aromatic N) is 3. The molecule has 25 heavy (non-hydrogen) atoms. The van der Waals surface area contributed by atoms with Gasteiger partial charge in [0, 0.05) is 19.2 Å². The van der Waals surface area contributed by atoms with Crippen LogP contribution in [0.3, 0.4) is 0 Å². The summed E-state index contributed by atoms with van der Waals surface area (Å²) < 4.78 is 5.11. The molecule has 7 nitrogen and oxygen atoms in total. The summed E-state index contributed by atoms with van der Waals surface area (Å²) in [6.07, 6.45) is 0. The van der Waals surface area contributed by atoms with Gasteiger partial charge in [0.25, 0.3) is 0 Å². The number of rotatable bonds is 6. The molecule has 0 saturated carbocycles. The number of ether oxygens (including phenoxy) is 1. The van der Waals surface area contributed by atoms with Crippen molar-refractivity contribution in [2.24, 2.45) is 5.92 Å². The van der Waals surface area contributed by atoms with Crippen molar-refractivity contribution in [3.8, 4) is 5.75 Å².